The molecule has 3 rings (SSSR count). The van der Waals surface area contributed by atoms with Crippen molar-refractivity contribution < 1.29 is 13.9 Å². The van der Waals surface area contributed by atoms with E-state index in [0.717, 1.165) is 24.8 Å². The normalized spacial score (nSPS) is 24.6. The van der Waals surface area contributed by atoms with Gasteiger partial charge in [-0.1, -0.05) is 12.1 Å². The van der Waals surface area contributed by atoms with Gasteiger partial charge < -0.3 is 9.64 Å². The minimum Gasteiger partial charge on any atom is -0.385 e. The summed E-state index contributed by atoms with van der Waals surface area (Å²) in [6, 6.07) is 6.53. The third-order valence-corrected chi connectivity index (χ3v) is 4.46. The lowest BCUT2D eigenvalue weighted by molar-refractivity contribution is -0.133. The number of hydrogen-bond donors (Lipinski definition) is 1. The van der Waals surface area contributed by atoms with E-state index in [9.17, 15) is 9.18 Å². The number of nitrogens with one attached hydrogen (secondary N) is 1. The molecule has 0 bridgehead atoms. The Morgan fingerprint density at radius 3 is 2.90 bits per heavy atom. The molecule has 2 fully saturated rings. The highest BCUT2D eigenvalue weighted by atomic mass is 19.1. The molecule has 2 aliphatic rings. The van der Waals surface area contributed by atoms with Crippen molar-refractivity contribution in [1.29, 1.82) is 0 Å². The third-order valence-electron chi connectivity index (χ3n) is 4.46. The Morgan fingerprint density at radius 2 is 2.29 bits per heavy atom. The van der Waals surface area contributed by atoms with E-state index >= 15 is 0 Å². The SMILES string of the molecule is COCCC(C)N1C(=O)C2(CC2)NC1c1cccc(F)c1. The predicted octanol–water partition coefficient (Wildman–Crippen LogP) is 2.21. The molecule has 1 spiro atoms. The molecule has 2 unspecified atom stereocenters. The van der Waals surface area contributed by atoms with Gasteiger partial charge >= 0.3 is 0 Å². The van der Waals surface area contributed by atoms with E-state index in [1.807, 2.05) is 17.9 Å². The quantitative estimate of drug-likeness (QED) is 0.904. The lowest BCUT2D eigenvalue weighted by Gasteiger charge is -2.30. The molecule has 0 radical (unpaired) electrons. The van der Waals surface area contributed by atoms with Gasteiger partial charge in [0.25, 0.3) is 0 Å². The lowest BCUT2D eigenvalue weighted by atomic mass is 10.1. The van der Waals surface area contributed by atoms with E-state index in [2.05, 4.69) is 5.32 Å². The van der Waals surface area contributed by atoms with Crippen molar-refractivity contribution in [3.05, 3.63) is 35.6 Å². The van der Waals surface area contributed by atoms with Crippen LogP contribution in [0.25, 0.3) is 0 Å². The first-order chi connectivity index (χ1) is 10.1. The Kier molecular flexibility index (Phi) is 3.71. The molecule has 1 saturated carbocycles. The van der Waals surface area contributed by atoms with Gasteiger partial charge in [-0.05, 0) is 43.9 Å². The van der Waals surface area contributed by atoms with Crippen LogP contribution in [-0.2, 0) is 9.53 Å². The number of nitrogens with zero attached hydrogens (tertiary/aromatic N) is 1. The van der Waals surface area contributed by atoms with Crippen LogP contribution in [0, 0.1) is 5.82 Å². The molecule has 1 saturated heterocycles. The first kappa shape index (κ1) is 14.5. The van der Waals surface area contributed by atoms with Gasteiger partial charge in [-0.15, -0.1) is 0 Å². The van der Waals surface area contributed by atoms with Crippen molar-refractivity contribution in [2.24, 2.45) is 0 Å². The zero-order valence-corrected chi connectivity index (χ0v) is 12.4. The zero-order chi connectivity index (χ0) is 15.0. The molecule has 0 aromatic heterocycles. The lowest BCUT2D eigenvalue weighted by Crippen LogP contribution is -2.39. The number of carbonyl (C=O) groups excluding carboxylic acids is 1. The summed E-state index contributed by atoms with van der Waals surface area (Å²) < 4.78 is 18.6. The van der Waals surface area contributed by atoms with Gasteiger partial charge in [0.1, 0.15) is 17.5 Å². The van der Waals surface area contributed by atoms with E-state index in [1.165, 1.54) is 12.1 Å². The number of benzene rings is 1. The van der Waals surface area contributed by atoms with Crippen LogP contribution in [0.15, 0.2) is 24.3 Å². The van der Waals surface area contributed by atoms with Gasteiger partial charge in [-0.3, -0.25) is 10.1 Å². The van der Waals surface area contributed by atoms with Crippen molar-refractivity contribution in [3.63, 3.8) is 0 Å². The van der Waals surface area contributed by atoms with Crippen molar-refractivity contribution in [1.82, 2.24) is 10.2 Å². The van der Waals surface area contributed by atoms with Crippen molar-refractivity contribution in [2.75, 3.05) is 13.7 Å². The average Bonchev–Trinajstić information content (AvgIpc) is 3.18. The largest absolute Gasteiger partial charge is 0.385 e. The highest BCUT2D eigenvalue weighted by molar-refractivity contribution is 5.92. The highest BCUT2D eigenvalue weighted by Gasteiger charge is 2.60. The second kappa shape index (κ2) is 5.39. The molecule has 2 atom stereocenters. The summed E-state index contributed by atoms with van der Waals surface area (Å²) in [5.41, 5.74) is 0.398. The molecule has 5 heteroatoms. The molecule has 1 aromatic carbocycles. The Bertz CT molecular complexity index is 545. The monoisotopic (exact) mass is 292 g/mol. The average molecular weight is 292 g/mol. The first-order valence-electron chi connectivity index (χ1n) is 7.42. The first-order valence-corrected chi connectivity index (χ1v) is 7.42. The molecule has 1 aliphatic carbocycles. The predicted molar refractivity (Wildman–Crippen MR) is 77.0 cm³/mol. The summed E-state index contributed by atoms with van der Waals surface area (Å²) in [5.74, 6) is -0.136. The van der Waals surface area contributed by atoms with Crippen molar-refractivity contribution in [3.8, 4) is 0 Å². The topological polar surface area (TPSA) is 41.6 Å². The van der Waals surface area contributed by atoms with E-state index < -0.39 is 5.54 Å². The Balaban J connectivity index is 1.88. The summed E-state index contributed by atoms with van der Waals surface area (Å²) in [6.07, 6.45) is 2.25. The van der Waals surface area contributed by atoms with Gasteiger partial charge in [0, 0.05) is 19.8 Å². The van der Waals surface area contributed by atoms with Gasteiger partial charge in [0.15, 0.2) is 0 Å². The van der Waals surface area contributed by atoms with Crippen LogP contribution >= 0.6 is 0 Å². The number of hydrogen-bond acceptors (Lipinski definition) is 3. The van der Waals surface area contributed by atoms with Crippen LogP contribution in [-0.4, -0.2) is 36.1 Å². The van der Waals surface area contributed by atoms with Crippen LogP contribution in [0.1, 0.15) is 37.9 Å². The Labute approximate surface area is 124 Å². The maximum atomic E-state index is 13.5. The molecular weight excluding hydrogens is 271 g/mol. The molecule has 1 amide bonds. The van der Waals surface area contributed by atoms with Gasteiger partial charge in [0.2, 0.25) is 5.91 Å². The van der Waals surface area contributed by atoms with E-state index in [4.69, 9.17) is 4.74 Å². The molecule has 21 heavy (non-hydrogen) atoms. The molecule has 1 N–H and O–H groups in total. The number of ether oxygens (including phenoxy) is 1. The molecular formula is C16H21FN2O2. The smallest absolute Gasteiger partial charge is 0.244 e. The van der Waals surface area contributed by atoms with Crippen LogP contribution < -0.4 is 5.32 Å². The number of carbonyl (C=O) groups is 1. The standard InChI is InChI=1S/C16H21FN2O2/c1-11(6-9-21-2)19-14(12-4-3-5-13(17)10-12)18-16(7-8-16)15(19)20/h3-5,10-11,14,18H,6-9H2,1-2H3. The minimum atomic E-state index is -0.404. The van der Waals surface area contributed by atoms with Gasteiger partial charge in [-0.25, -0.2) is 4.39 Å². The number of rotatable bonds is 5. The Morgan fingerprint density at radius 1 is 1.52 bits per heavy atom. The summed E-state index contributed by atoms with van der Waals surface area (Å²) >= 11 is 0. The van der Waals surface area contributed by atoms with Crippen molar-refractivity contribution >= 4 is 5.91 Å². The maximum absolute atomic E-state index is 13.5. The van der Waals surface area contributed by atoms with Crippen LogP contribution in [0.5, 0.6) is 0 Å². The van der Waals surface area contributed by atoms with E-state index in [1.54, 1.807) is 13.2 Å². The molecule has 4 nitrogen and oxygen atoms in total. The molecule has 114 valence electrons. The third kappa shape index (κ3) is 2.56. The molecule has 1 heterocycles. The van der Waals surface area contributed by atoms with Gasteiger partial charge in [0.05, 0.1) is 0 Å². The number of methoxy groups -OCH3 is 1. The second-order valence-electron chi connectivity index (χ2n) is 6.03. The fourth-order valence-corrected chi connectivity index (χ4v) is 3.04. The maximum Gasteiger partial charge on any atom is 0.244 e. The van der Waals surface area contributed by atoms with Gasteiger partial charge in [-0.2, -0.15) is 0 Å². The minimum absolute atomic E-state index is 0.0539. The molecule has 1 aliphatic heterocycles. The van der Waals surface area contributed by atoms with Crippen molar-refractivity contribution in [2.45, 2.75) is 43.9 Å². The van der Waals surface area contributed by atoms with Crippen LogP contribution in [0.3, 0.4) is 0 Å². The van der Waals surface area contributed by atoms with E-state index in [-0.39, 0.29) is 23.9 Å². The fraction of sp³-hybridized carbons (Fsp3) is 0.562. The van der Waals surface area contributed by atoms with Crippen LogP contribution in [0.2, 0.25) is 0 Å². The second-order valence-corrected chi connectivity index (χ2v) is 6.03. The summed E-state index contributed by atoms with van der Waals surface area (Å²) in [6.45, 7) is 2.63. The highest BCUT2D eigenvalue weighted by Crippen LogP contribution is 2.46. The summed E-state index contributed by atoms with van der Waals surface area (Å²) in [4.78, 5) is 14.6. The molecule has 1 aromatic rings. The van der Waals surface area contributed by atoms with E-state index in [0.29, 0.717) is 6.61 Å². The zero-order valence-electron chi connectivity index (χ0n) is 12.4. The Hall–Kier alpha value is -1.46. The van der Waals surface area contributed by atoms with Crippen LogP contribution in [0.4, 0.5) is 4.39 Å². The number of halogens is 1. The summed E-state index contributed by atoms with van der Waals surface area (Å²) in [5, 5.41) is 3.41. The fourth-order valence-electron chi connectivity index (χ4n) is 3.04. The summed E-state index contributed by atoms with van der Waals surface area (Å²) in [7, 11) is 1.66. The number of amides is 1.